The van der Waals surface area contributed by atoms with Gasteiger partial charge in [0.1, 0.15) is 17.3 Å². The summed E-state index contributed by atoms with van der Waals surface area (Å²) < 4.78 is 58.0. The van der Waals surface area contributed by atoms with E-state index in [-0.39, 0.29) is 40.0 Å². The number of nitrogens with one attached hydrogen (secondary N) is 2. The number of H-pyrrole nitrogens is 1. The Bertz CT molecular complexity index is 1650. The topological polar surface area (TPSA) is 101 Å². The summed E-state index contributed by atoms with van der Waals surface area (Å²) in [5, 5.41) is -0.301. The summed E-state index contributed by atoms with van der Waals surface area (Å²) >= 11 is 0. The number of aromatic nitrogens is 2. The first-order valence-electron chi connectivity index (χ1n) is 11.0. The van der Waals surface area contributed by atoms with Crippen LogP contribution in [0, 0.1) is 18.6 Å². The predicted octanol–water partition coefficient (Wildman–Crippen LogP) is 3.85. The zero-order valence-corrected chi connectivity index (χ0v) is 19.5. The van der Waals surface area contributed by atoms with Gasteiger partial charge in [-0.15, -0.1) is 0 Å². The highest BCUT2D eigenvalue weighted by Crippen LogP contribution is 2.36. The molecule has 5 rings (SSSR count). The average molecular weight is 498 g/mol. The predicted molar refractivity (Wildman–Crippen MR) is 128 cm³/mol. The van der Waals surface area contributed by atoms with Crippen molar-refractivity contribution in [2.45, 2.75) is 31.6 Å². The standard InChI is InChI=1S/C25H21F2N3O4S/c1-14-11-18-21(12-20(14)27)30(13-15-5-2-3-7-19(15)26)23(22(18)17-6-4-10-28-24(17)31)25(32)29-35(33,34)16-8-9-16/h2-7,10-12,16H,8-9,13H2,1H3,(H,28,31)(H,29,32). The van der Waals surface area contributed by atoms with Gasteiger partial charge < -0.3 is 9.55 Å². The molecule has 35 heavy (non-hydrogen) atoms. The molecule has 1 aliphatic carbocycles. The van der Waals surface area contributed by atoms with Gasteiger partial charge in [0.05, 0.1) is 17.3 Å². The molecule has 0 spiro atoms. The molecule has 2 heterocycles. The molecule has 10 heteroatoms. The van der Waals surface area contributed by atoms with E-state index in [0.29, 0.717) is 18.2 Å². The number of nitrogens with zero attached hydrogens (tertiary/aromatic N) is 1. The number of aromatic amines is 1. The number of halogens is 2. The summed E-state index contributed by atoms with van der Waals surface area (Å²) in [6.45, 7) is 1.35. The number of hydrogen-bond donors (Lipinski definition) is 2. The Morgan fingerprint density at radius 2 is 1.86 bits per heavy atom. The second-order valence-corrected chi connectivity index (χ2v) is 10.6. The van der Waals surface area contributed by atoms with E-state index in [4.69, 9.17) is 0 Å². The van der Waals surface area contributed by atoms with Crippen LogP contribution in [0.5, 0.6) is 0 Å². The normalized spacial score (nSPS) is 13.8. The maximum Gasteiger partial charge on any atom is 0.282 e. The van der Waals surface area contributed by atoms with Crippen LogP contribution >= 0.6 is 0 Å². The van der Waals surface area contributed by atoms with E-state index in [1.165, 1.54) is 47.2 Å². The lowest BCUT2D eigenvalue weighted by Crippen LogP contribution is -2.35. The highest BCUT2D eigenvalue weighted by Gasteiger charge is 2.38. The van der Waals surface area contributed by atoms with E-state index in [9.17, 15) is 26.8 Å². The zero-order valence-electron chi connectivity index (χ0n) is 18.6. The highest BCUT2D eigenvalue weighted by molar-refractivity contribution is 7.91. The number of pyridine rings is 1. The quantitative estimate of drug-likeness (QED) is 0.423. The maximum absolute atomic E-state index is 14.7. The smallest absolute Gasteiger partial charge is 0.282 e. The molecule has 1 fully saturated rings. The Balaban J connectivity index is 1.83. The lowest BCUT2D eigenvalue weighted by atomic mass is 10.0. The molecule has 2 N–H and O–H groups in total. The van der Waals surface area contributed by atoms with Gasteiger partial charge in [-0.05, 0) is 55.7 Å². The van der Waals surface area contributed by atoms with Gasteiger partial charge in [-0.3, -0.25) is 9.59 Å². The lowest BCUT2D eigenvalue weighted by Gasteiger charge is -2.13. The molecule has 2 aromatic heterocycles. The Kier molecular flexibility index (Phi) is 5.55. The van der Waals surface area contributed by atoms with Crippen molar-refractivity contribution in [1.82, 2.24) is 14.3 Å². The first-order valence-corrected chi connectivity index (χ1v) is 12.5. The first kappa shape index (κ1) is 23.0. The second-order valence-electron chi connectivity index (χ2n) is 8.61. The van der Waals surface area contributed by atoms with E-state index in [2.05, 4.69) is 9.71 Å². The van der Waals surface area contributed by atoms with Gasteiger partial charge in [0.25, 0.3) is 11.5 Å². The van der Waals surface area contributed by atoms with Gasteiger partial charge >= 0.3 is 0 Å². The molecule has 0 radical (unpaired) electrons. The summed E-state index contributed by atoms with van der Waals surface area (Å²) in [5.41, 5.74) is 0.260. The molecule has 1 saturated carbocycles. The average Bonchev–Trinajstić information content (AvgIpc) is 3.62. The van der Waals surface area contributed by atoms with Crippen LogP contribution in [0.15, 0.2) is 59.5 Å². The minimum Gasteiger partial charge on any atom is -0.331 e. The number of sulfonamides is 1. The minimum atomic E-state index is -3.94. The molecular formula is C25H21F2N3O4S. The summed E-state index contributed by atoms with van der Waals surface area (Å²) in [7, 11) is -3.94. The number of amides is 1. The second kappa shape index (κ2) is 8.46. The van der Waals surface area contributed by atoms with Gasteiger partial charge in [0, 0.05) is 28.3 Å². The van der Waals surface area contributed by atoms with Crippen LogP contribution in [-0.2, 0) is 16.6 Å². The summed E-state index contributed by atoms with van der Waals surface area (Å²) in [6.07, 6.45) is 2.31. The lowest BCUT2D eigenvalue weighted by molar-refractivity contribution is 0.0973. The number of aryl methyl sites for hydroxylation is 1. The fourth-order valence-corrected chi connectivity index (χ4v) is 5.48. The summed E-state index contributed by atoms with van der Waals surface area (Å²) in [4.78, 5) is 28.8. The van der Waals surface area contributed by atoms with Crippen molar-refractivity contribution in [3.63, 3.8) is 0 Å². The minimum absolute atomic E-state index is 0.102. The van der Waals surface area contributed by atoms with Crippen LogP contribution in [0.4, 0.5) is 8.78 Å². The number of fused-ring (bicyclic) bond motifs is 1. The molecule has 0 bridgehead atoms. The van der Waals surface area contributed by atoms with Crippen molar-refractivity contribution in [2.75, 3.05) is 0 Å². The third kappa shape index (κ3) is 4.14. The van der Waals surface area contributed by atoms with Crippen molar-refractivity contribution < 1.29 is 22.0 Å². The third-order valence-electron chi connectivity index (χ3n) is 6.13. The molecule has 180 valence electrons. The van der Waals surface area contributed by atoms with Crippen molar-refractivity contribution in [3.8, 4) is 11.1 Å². The van der Waals surface area contributed by atoms with Crippen LogP contribution in [-0.4, -0.2) is 29.1 Å². The summed E-state index contributed by atoms with van der Waals surface area (Å²) in [5.74, 6) is -2.07. The molecule has 1 aliphatic rings. The van der Waals surface area contributed by atoms with Crippen molar-refractivity contribution in [3.05, 3.63) is 93.5 Å². The van der Waals surface area contributed by atoms with Crippen LogP contribution in [0.1, 0.15) is 34.5 Å². The molecule has 0 atom stereocenters. The zero-order chi connectivity index (χ0) is 24.9. The van der Waals surface area contributed by atoms with E-state index in [1.54, 1.807) is 19.1 Å². The fourth-order valence-electron chi connectivity index (χ4n) is 4.21. The van der Waals surface area contributed by atoms with Crippen molar-refractivity contribution >= 4 is 26.8 Å². The molecular weight excluding hydrogens is 476 g/mol. The number of carbonyl (C=O) groups excluding carboxylic acids is 1. The molecule has 2 aromatic carbocycles. The highest BCUT2D eigenvalue weighted by atomic mass is 32.2. The van der Waals surface area contributed by atoms with E-state index >= 15 is 0 Å². The third-order valence-corrected chi connectivity index (χ3v) is 7.95. The molecule has 0 unspecified atom stereocenters. The monoisotopic (exact) mass is 497 g/mol. The SMILES string of the molecule is Cc1cc2c(-c3ccc[nH]c3=O)c(C(=O)NS(=O)(=O)C3CC3)n(Cc3ccccc3F)c2cc1F. The fraction of sp³-hybridized carbons (Fsp3) is 0.200. The van der Waals surface area contributed by atoms with Gasteiger partial charge in [0.15, 0.2) is 0 Å². The maximum atomic E-state index is 14.7. The number of carbonyl (C=O) groups is 1. The first-order chi connectivity index (χ1) is 16.7. The molecule has 0 aliphatic heterocycles. The molecule has 4 aromatic rings. The molecule has 1 amide bonds. The van der Waals surface area contributed by atoms with E-state index < -0.39 is 38.4 Å². The van der Waals surface area contributed by atoms with Gasteiger partial charge in [-0.2, -0.15) is 0 Å². The van der Waals surface area contributed by atoms with Crippen molar-refractivity contribution in [1.29, 1.82) is 0 Å². The molecule has 7 nitrogen and oxygen atoms in total. The van der Waals surface area contributed by atoms with Gasteiger partial charge in [0.2, 0.25) is 10.0 Å². The number of rotatable bonds is 6. The summed E-state index contributed by atoms with van der Waals surface area (Å²) in [6, 6.07) is 11.7. The number of hydrogen-bond acceptors (Lipinski definition) is 4. The Morgan fingerprint density at radius 1 is 1.11 bits per heavy atom. The Labute approximate surface area is 199 Å². The number of benzene rings is 2. The Morgan fingerprint density at radius 3 is 2.54 bits per heavy atom. The van der Waals surface area contributed by atoms with E-state index in [1.807, 2.05) is 0 Å². The van der Waals surface area contributed by atoms with E-state index in [0.717, 1.165) is 0 Å². The Hall–Kier alpha value is -3.79. The van der Waals surface area contributed by atoms with Crippen molar-refractivity contribution in [2.24, 2.45) is 0 Å². The largest absolute Gasteiger partial charge is 0.331 e. The van der Waals surface area contributed by atoms with Crippen LogP contribution in [0.25, 0.3) is 22.0 Å². The molecule has 0 saturated heterocycles. The van der Waals surface area contributed by atoms with Crippen LogP contribution in [0.2, 0.25) is 0 Å². The van der Waals surface area contributed by atoms with Crippen LogP contribution < -0.4 is 10.3 Å². The van der Waals surface area contributed by atoms with Crippen LogP contribution in [0.3, 0.4) is 0 Å². The van der Waals surface area contributed by atoms with Gasteiger partial charge in [-0.1, -0.05) is 18.2 Å². The van der Waals surface area contributed by atoms with Gasteiger partial charge in [-0.25, -0.2) is 21.9 Å².